The van der Waals surface area contributed by atoms with Gasteiger partial charge in [-0.05, 0) is 37.0 Å². The van der Waals surface area contributed by atoms with Crippen LogP contribution in [0.3, 0.4) is 0 Å². The van der Waals surface area contributed by atoms with Crippen LogP contribution in [0.4, 0.5) is 0 Å². The number of amides is 3. The van der Waals surface area contributed by atoms with Crippen LogP contribution in [0.15, 0.2) is 79.9 Å². The number of rotatable bonds is 17. The van der Waals surface area contributed by atoms with Crippen molar-refractivity contribution in [1.29, 1.82) is 0 Å². The van der Waals surface area contributed by atoms with Crippen molar-refractivity contribution >= 4 is 34.7 Å². The van der Waals surface area contributed by atoms with E-state index in [-0.39, 0.29) is 38.7 Å². The maximum atomic E-state index is 14.6. The van der Waals surface area contributed by atoms with Gasteiger partial charge < -0.3 is 34.4 Å². The highest BCUT2D eigenvalue weighted by Gasteiger charge is 2.75. The first-order valence-corrected chi connectivity index (χ1v) is 17.2. The first-order valence-electron chi connectivity index (χ1n) is 17.2. The van der Waals surface area contributed by atoms with Crippen molar-refractivity contribution in [3.8, 4) is 0 Å². The van der Waals surface area contributed by atoms with Crippen molar-refractivity contribution in [2.24, 2.45) is 11.8 Å². The number of allylic oxidation sites excluding steroid dienone is 1. The number of fused-ring (bicyclic) bond motifs is 2. The number of aliphatic hydroxyl groups excluding tert-OH is 1. The summed E-state index contributed by atoms with van der Waals surface area (Å²) in [5.41, 5.74) is 0.693. The van der Waals surface area contributed by atoms with Gasteiger partial charge >= 0.3 is 5.97 Å². The Morgan fingerprint density at radius 1 is 1.16 bits per heavy atom. The largest absolute Gasteiger partial charge is 0.455 e. The lowest BCUT2D eigenvalue weighted by molar-refractivity contribution is -0.163. The van der Waals surface area contributed by atoms with E-state index in [4.69, 9.17) is 14.2 Å². The molecular formula is C37H44N6O8. The number of methoxy groups -OCH3 is 1. The molecule has 1 aromatic heterocycles. The van der Waals surface area contributed by atoms with Gasteiger partial charge in [0.25, 0.3) is 0 Å². The SMILES string of the molecule is C=CCCC(=O)N[C@H](COC)[C@H](OC(=O)[C@@H]1[C@@H]2CC[C@]3(O2)[C@H](C(=O)N(CC=C)Cn2nnc4ccccc42)N(CCO)C(=O)[C@@H]13)c1ccccc1. The van der Waals surface area contributed by atoms with E-state index in [1.165, 1.54) is 16.9 Å². The molecule has 1 spiro atoms. The molecule has 6 rings (SSSR count). The molecule has 3 aromatic rings. The van der Waals surface area contributed by atoms with Crippen molar-refractivity contribution in [2.45, 2.75) is 62.2 Å². The van der Waals surface area contributed by atoms with Crippen LogP contribution in [0, 0.1) is 11.8 Å². The molecule has 51 heavy (non-hydrogen) atoms. The zero-order valence-corrected chi connectivity index (χ0v) is 28.6. The van der Waals surface area contributed by atoms with Gasteiger partial charge in [-0.25, -0.2) is 4.68 Å². The molecule has 3 saturated heterocycles. The van der Waals surface area contributed by atoms with Gasteiger partial charge in [0.15, 0.2) is 0 Å². The average molecular weight is 701 g/mol. The lowest BCUT2D eigenvalue weighted by Gasteiger charge is -2.36. The Kier molecular flexibility index (Phi) is 10.9. The topological polar surface area (TPSA) is 165 Å². The zero-order valence-electron chi connectivity index (χ0n) is 28.6. The monoisotopic (exact) mass is 700 g/mol. The number of nitrogens with one attached hydrogen (secondary N) is 1. The number of hydrogen-bond donors (Lipinski definition) is 2. The predicted molar refractivity (Wildman–Crippen MR) is 184 cm³/mol. The maximum Gasteiger partial charge on any atom is 0.313 e. The highest BCUT2D eigenvalue weighted by Crippen LogP contribution is 2.59. The van der Waals surface area contributed by atoms with E-state index in [0.29, 0.717) is 30.3 Å². The molecule has 270 valence electrons. The number of hydrogen-bond acceptors (Lipinski definition) is 10. The van der Waals surface area contributed by atoms with Gasteiger partial charge in [0.1, 0.15) is 29.9 Å². The first kappa shape index (κ1) is 35.9. The van der Waals surface area contributed by atoms with Gasteiger partial charge in [0.2, 0.25) is 17.7 Å². The number of likely N-dealkylation sites (tertiary alicyclic amines) is 1. The smallest absolute Gasteiger partial charge is 0.313 e. The Hall–Kier alpha value is -4.92. The molecule has 2 aromatic carbocycles. The summed E-state index contributed by atoms with van der Waals surface area (Å²) >= 11 is 0. The van der Waals surface area contributed by atoms with Crippen LogP contribution in [-0.2, 0) is 40.1 Å². The number of aliphatic hydroxyl groups is 1. The fourth-order valence-corrected chi connectivity index (χ4v) is 7.90. The summed E-state index contributed by atoms with van der Waals surface area (Å²) in [6.07, 6.45) is 3.05. The minimum absolute atomic E-state index is 0.0246. The number of carbonyl (C=O) groups excluding carboxylic acids is 4. The van der Waals surface area contributed by atoms with Gasteiger partial charge in [-0.15, -0.1) is 18.3 Å². The summed E-state index contributed by atoms with van der Waals surface area (Å²) in [5.74, 6) is -3.86. The number of ether oxygens (including phenoxy) is 3. The maximum absolute atomic E-state index is 14.6. The standard InChI is InChI=1S/C37H44N6O8/c1-4-6-16-29(45)38-26(22-49-3)32(24-12-8-7-9-13-24)50-36(48)30-28-17-18-37(51-28)31(30)34(46)42(20-21-44)33(37)35(47)41(19-5-2)23-43-27-15-11-10-14-25(27)39-40-43/h4-5,7-15,26,28,30-33,44H,1-2,6,16-23H2,3H3,(H,38,45)/t26-,28+,30-,31-,32-,33+,37-/m1/s1. The normalized spacial score (nSPS) is 24.6. The number of nitrogens with zero attached hydrogens (tertiary/aromatic N) is 5. The Morgan fingerprint density at radius 2 is 1.92 bits per heavy atom. The second-order valence-corrected chi connectivity index (χ2v) is 13.1. The number of aromatic nitrogens is 3. The number of β-amino-alcohol motifs (C(OH)–C–C–N with tert-alkyl or cyclic N) is 1. The summed E-state index contributed by atoms with van der Waals surface area (Å²) in [6.45, 7) is 7.20. The Labute approximate surface area is 296 Å². The lowest BCUT2D eigenvalue weighted by atomic mass is 9.70. The molecule has 2 bridgehead atoms. The van der Waals surface area contributed by atoms with E-state index < -0.39 is 66.1 Å². The van der Waals surface area contributed by atoms with Gasteiger partial charge in [-0.3, -0.25) is 19.2 Å². The molecular weight excluding hydrogens is 656 g/mol. The Balaban J connectivity index is 1.30. The predicted octanol–water partition coefficient (Wildman–Crippen LogP) is 2.15. The minimum Gasteiger partial charge on any atom is -0.455 e. The molecule has 0 unspecified atom stereocenters. The molecule has 4 heterocycles. The van der Waals surface area contributed by atoms with Crippen molar-refractivity contribution in [1.82, 2.24) is 30.1 Å². The van der Waals surface area contributed by atoms with Crippen LogP contribution in [0.2, 0.25) is 0 Å². The average Bonchev–Trinajstić information content (AvgIpc) is 3.89. The van der Waals surface area contributed by atoms with Crippen LogP contribution in [0.25, 0.3) is 11.0 Å². The summed E-state index contributed by atoms with van der Waals surface area (Å²) in [4.78, 5) is 59.0. The summed E-state index contributed by atoms with van der Waals surface area (Å²) in [5, 5.41) is 21.4. The highest BCUT2D eigenvalue weighted by atomic mass is 16.6. The van der Waals surface area contributed by atoms with Gasteiger partial charge in [0, 0.05) is 26.6 Å². The fourth-order valence-electron chi connectivity index (χ4n) is 7.90. The zero-order chi connectivity index (χ0) is 36.1. The molecule has 0 radical (unpaired) electrons. The summed E-state index contributed by atoms with van der Waals surface area (Å²) < 4.78 is 19.9. The van der Waals surface area contributed by atoms with E-state index in [2.05, 4.69) is 28.8 Å². The fraction of sp³-hybridized carbons (Fsp3) is 0.459. The second kappa shape index (κ2) is 15.5. The van der Waals surface area contributed by atoms with Crippen LogP contribution in [0.5, 0.6) is 0 Å². The third kappa shape index (κ3) is 6.78. The molecule has 7 atom stereocenters. The van der Waals surface area contributed by atoms with E-state index in [1.54, 1.807) is 41.1 Å². The molecule has 2 N–H and O–H groups in total. The van der Waals surface area contributed by atoms with Crippen molar-refractivity contribution in [3.05, 3.63) is 85.5 Å². The van der Waals surface area contributed by atoms with Gasteiger partial charge in [-0.1, -0.05) is 59.8 Å². The van der Waals surface area contributed by atoms with E-state index in [9.17, 15) is 24.3 Å². The van der Waals surface area contributed by atoms with Crippen LogP contribution >= 0.6 is 0 Å². The minimum atomic E-state index is -1.32. The quantitative estimate of drug-likeness (QED) is 0.158. The van der Waals surface area contributed by atoms with Crippen molar-refractivity contribution in [3.63, 3.8) is 0 Å². The van der Waals surface area contributed by atoms with Crippen LogP contribution < -0.4 is 5.32 Å². The number of benzene rings is 2. The van der Waals surface area contributed by atoms with Crippen LogP contribution in [0.1, 0.15) is 37.4 Å². The number of para-hydroxylation sites is 1. The Morgan fingerprint density at radius 3 is 2.65 bits per heavy atom. The van der Waals surface area contributed by atoms with E-state index >= 15 is 0 Å². The number of carbonyl (C=O) groups is 4. The molecule has 3 amide bonds. The third-order valence-corrected chi connectivity index (χ3v) is 10.0. The van der Waals surface area contributed by atoms with Crippen molar-refractivity contribution < 1.29 is 38.5 Å². The molecule has 0 aliphatic carbocycles. The second-order valence-electron chi connectivity index (χ2n) is 13.1. The lowest BCUT2D eigenvalue weighted by Crippen LogP contribution is -2.56. The first-order chi connectivity index (χ1) is 24.8. The third-order valence-electron chi connectivity index (χ3n) is 10.0. The van der Waals surface area contributed by atoms with E-state index in [1.807, 2.05) is 30.3 Å². The molecule has 3 aliphatic heterocycles. The molecule has 14 heteroatoms. The molecule has 0 saturated carbocycles. The van der Waals surface area contributed by atoms with Crippen LogP contribution in [-0.4, -0.2) is 111 Å². The molecule has 3 fully saturated rings. The summed E-state index contributed by atoms with van der Waals surface area (Å²) in [6, 6.07) is 14.5. The highest BCUT2D eigenvalue weighted by molar-refractivity contribution is 5.98. The van der Waals surface area contributed by atoms with Crippen molar-refractivity contribution in [2.75, 3.05) is 33.4 Å². The van der Waals surface area contributed by atoms with Gasteiger partial charge in [-0.2, -0.15) is 0 Å². The molecule has 3 aliphatic rings. The van der Waals surface area contributed by atoms with Gasteiger partial charge in [0.05, 0.1) is 42.7 Å². The molecule has 14 nitrogen and oxygen atoms in total. The summed E-state index contributed by atoms with van der Waals surface area (Å²) in [7, 11) is 1.49. The van der Waals surface area contributed by atoms with E-state index in [0.717, 1.165) is 5.52 Å². The number of esters is 1. The Bertz CT molecular complexity index is 1770.